The van der Waals surface area contributed by atoms with E-state index < -0.39 is 0 Å². The molecule has 0 radical (unpaired) electrons. The van der Waals surface area contributed by atoms with Gasteiger partial charge in [0.1, 0.15) is 5.75 Å². The van der Waals surface area contributed by atoms with E-state index >= 15 is 0 Å². The number of hydrogen-bond donors (Lipinski definition) is 1. The molecule has 0 unspecified atom stereocenters. The second-order valence-electron chi connectivity index (χ2n) is 7.69. The first-order valence-corrected chi connectivity index (χ1v) is 10.6. The Morgan fingerprint density at radius 1 is 1.03 bits per heavy atom. The van der Waals surface area contributed by atoms with Gasteiger partial charge in [0, 0.05) is 27.7 Å². The van der Waals surface area contributed by atoms with E-state index in [9.17, 15) is 4.79 Å². The number of nitrogens with zero attached hydrogens (tertiary/aromatic N) is 2. The number of hydrazone groups is 1. The number of aryl methyl sites for hydroxylation is 2. The molecule has 1 heterocycles. The molecular weight excluding hydrogens is 422 g/mol. The predicted octanol–water partition coefficient (Wildman–Crippen LogP) is 5.98. The number of benzene rings is 3. The largest absolute Gasteiger partial charge is 0.496 e. The predicted molar refractivity (Wildman–Crippen MR) is 131 cm³/mol. The molecule has 4 aromatic rings. The minimum Gasteiger partial charge on any atom is -0.496 e. The zero-order valence-corrected chi connectivity index (χ0v) is 19.2. The van der Waals surface area contributed by atoms with Gasteiger partial charge in [-0.15, -0.1) is 0 Å². The third-order valence-electron chi connectivity index (χ3n) is 5.56. The number of carbonyl (C=O) groups excluding carboxylic acids is 1. The second-order valence-corrected chi connectivity index (χ2v) is 8.13. The third kappa shape index (κ3) is 4.12. The number of halogens is 1. The highest BCUT2D eigenvalue weighted by Crippen LogP contribution is 2.27. The lowest BCUT2D eigenvalue weighted by Crippen LogP contribution is -2.18. The van der Waals surface area contributed by atoms with Gasteiger partial charge in [0.15, 0.2) is 0 Å². The van der Waals surface area contributed by atoms with Crippen molar-refractivity contribution in [3.63, 3.8) is 0 Å². The molecule has 0 saturated heterocycles. The second kappa shape index (κ2) is 8.89. The fourth-order valence-corrected chi connectivity index (χ4v) is 4.07. The number of fused-ring (bicyclic) bond motifs is 1. The summed E-state index contributed by atoms with van der Waals surface area (Å²) >= 11 is 6.22. The van der Waals surface area contributed by atoms with Crippen molar-refractivity contribution in [3.8, 4) is 11.4 Å². The Morgan fingerprint density at radius 3 is 2.47 bits per heavy atom. The maximum Gasteiger partial charge on any atom is 0.275 e. The Kier molecular flexibility index (Phi) is 6.01. The Bertz CT molecular complexity index is 1350. The first kappa shape index (κ1) is 21.7. The average Bonchev–Trinajstić information content (AvgIpc) is 3.07. The monoisotopic (exact) mass is 445 g/mol. The van der Waals surface area contributed by atoms with Crippen LogP contribution < -0.4 is 10.2 Å². The molecule has 0 aliphatic carbocycles. The normalized spacial score (nSPS) is 11.3. The van der Waals surface area contributed by atoms with E-state index in [1.54, 1.807) is 13.3 Å². The van der Waals surface area contributed by atoms with Gasteiger partial charge in [0.05, 0.1) is 18.9 Å². The van der Waals surface area contributed by atoms with Crippen LogP contribution in [0.5, 0.6) is 5.75 Å². The van der Waals surface area contributed by atoms with E-state index in [0.717, 1.165) is 39.0 Å². The van der Waals surface area contributed by atoms with Crippen LogP contribution in [-0.4, -0.2) is 23.8 Å². The summed E-state index contributed by atoms with van der Waals surface area (Å²) in [5.74, 6) is 0.175. The maximum absolute atomic E-state index is 12.8. The van der Waals surface area contributed by atoms with Crippen LogP contribution in [0, 0.1) is 20.8 Å². The fourth-order valence-electron chi connectivity index (χ4n) is 3.90. The molecule has 0 saturated carbocycles. The topological polar surface area (TPSA) is 55.6 Å². The summed E-state index contributed by atoms with van der Waals surface area (Å²) < 4.78 is 7.56. The Balaban J connectivity index is 1.59. The summed E-state index contributed by atoms with van der Waals surface area (Å²) in [6.45, 7) is 6.10. The van der Waals surface area contributed by atoms with Crippen molar-refractivity contribution in [1.29, 1.82) is 0 Å². The standard InChI is InChI=1S/C26H24ClN3O2/c1-16-9-10-22(27)14-24(16)30-17(2)11-21(18(30)3)15-28-29-26(31)23-12-19-7-5-6-8-20(19)13-25(23)32-4/h5-15H,1-4H3,(H,29,31). The number of carbonyl (C=O) groups is 1. The van der Waals surface area contributed by atoms with Gasteiger partial charge in [-0.1, -0.05) is 41.9 Å². The molecule has 0 atom stereocenters. The number of methoxy groups -OCH3 is 1. The van der Waals surface area contributed by atoms with E-state index in [-0.39, 0.29) is 5.91 Å². The number of hydrogen-bond acceptors (Lipinski definition) is 3. The summed E-state index contributed by atoms with van der Waals surface area (Å²) in [6, 6.07) is 19.4. The van der Waals surface area contributed by atoms with E-state index in [1.165, 1.54) is 0 Å². The summed E-state index contributed by atoms with van der Waals surface area (Å²) in [5.41, 5.74) is 8.17. The minimum absolute atomic E-state index is 0.330. The smallest absolute Gasteiger partial charge is 0.275 e. The lowest BCUT2D eigenvalue weighted by Gasteiger charge is -2.13. The van der Waals surface area contributed by atoms with E-state index in [0.29, 0.717) is 16.3 Å². The van der Waals surface area contributed by atoms with E-state index in [4.69, 9.17) is 16.3 Å². The molecular formula is C26H24ClN3O2. The highest BCUT2D eigenvalue weighted by atomic mass is 35.5. The van der Waals surface area contributed by atoms with Crippen molar-refractivity contribution in [2.24, 2.45) is 5.10 Å². The minimum atomic E-state index is -0.330. The van der Waals surface area contributed by atoms with Crippen molar-refractivity contribution in [1.82, 2.24) is 9.99 Å². The van der Waals surface area contributed by atoms with Gasteiger partial charge in [-0.05, 0) is 67.4 Å². The molecule has 1 amide bonds. The molecule has 162 valence electrons. The zero-order valence-electron chi connectivity index (χ0n) is 18.4. The van der Waals surface area contributed by atoms with E-state index in [1.807, 2.05) is 74.5 Å². The Hall–Kier alpha value is -3.57. The quantitative estimate of drug-likeness (QED) is 0.303. The molecule has 1 aromatic heterocycles. The van der Waals surface area contributed by atoms with Crippen LogP contribution in [0.15, 0.2) is 65.8 Å². The number of nitrogens with one attached hydrogen (secondary N) is 1. The van der Waals surface area contributed by atoms with Crippen LogP contribution >= 0.6 is 11.6 Å². The van der Waals surface area contributed by atoms with Crippen LogP contribution in [0.25, 0.3) is 16.5 Å². The van der Waals surface area contributed by atoms with Crippen LogP contribution in [-0.2, 0) is 0 Å². The molecule has 0 aliphatic rings. The van der Waals surface area contributed by atoms with Crippen molar-refractivity contribution >= 4 is 34.5 Å². The highest BCUT2D eigenvalue weighted by Gasteiger charge is 2.14. The van der Waals surface area contributed by atoms with Gasteiger partial charge in [-0.2, -0.15) is 5.10 Å². The average molecular weight is 446 g/mol. The molecule has 0 fully saturated rings. The molecule has 3 aromatic carbocycles. The molecule has 32 heavy (non-hydrogen) atoms. The van der Waals surface area contributed by atoms with Gasteiger partial charge < -0.3 is 9.30 Å². The SMILES string of the molecule is COc1cc2ccccc2cc1C(=O)NN=Cc1cc(C)n(-c2cc(Cl)ccc2C)c1C. The highest BCUT2D eigenvalue weighted by molar-refractivity contribution is 6.30. The van der Waals surface area contributed by atoms with Crippen LogP contribution in [0.2, 0.25) is 5.02 Å². The molecule has 0 spiro atoms. The third-order valence-corrected chi connectivity index (χ3v) is 5.80. The zero-order chi connectivity index (χ0) is 22.8. The molecule has 0 bridgehead atoms. The number of amides is 1. The van der Waals surface area contributed by atoms with Crippen LogP contribution in [0.4, 0.5) is 0 Å². The fraction of sp³-hybridized carbons (Fsp3) is 0.154. The van der Waals surface area contributed by atoms with Crippen LogP contribution in [0.1, 0.15) is 32.9 Å². The first-order chi connectivity index (χ1) is 15.4. The van der Waals surface area contributed by atoms with Gasteiger partial charge in [0.25, 0.3) is 5.91 Å². The van der Waals surface area contributed by atoms with Crippen molar-refractivity contribution < 1.29 is 9.53 Å². The number of ether oxygens (including phenoxy) is 1. The van der Waals surface area contributed by atoms with E-state index in [2.05, 4.69) is 22.0 Å². The van der Waals surface area contributed by atoms with Crippen molar-refractivity contribution in [2.45, 2.75) is 20.8 Å². The molecule has 4 rings (SSSR count). The number of aromatic nitrogens is 1. The molecule has 5 nitrogen and oxygen atoms in total. The molecule has 0 aliphatic heterocycles. The van der Waals surface area contributed by atoms with Crippen molar-refractivity contribution in [3.05, 3.63) is 93.8 Å². The first-order valence-electron chi connectivity index (χ1n) is 10.2. The maximum atomic E-state index is 12.8. The van der Waals surface area contributed by atoms with Gasteiger partial charge in [0.2, 0.25) is 0 Å². The Labute approximate surface area is 192 Å². The molecule has 1 N–H and O–H groups in total. The Morgan fingerprint density at radius 2 is 1.75 bits per heavy atom. The summed E-state index contributed by atoms with van der Waals surface area (Å²) in [7, 11) is 1.55. The van der Waals surface area contributed by atoms with Gasteiger partial charge in [-0.3, -0.25) is 4.79 Å². The van der Waals surface area contributed by atoms with Crippen molar-refractivity contribution in [2.75, 3.05) is 7.11 Å². The summed E-state index contributed by atoms with van der Waals surface area (Å²) in [5, 5.41) is 6.86. The number of rotatable bonds is 5. The van der Waals surface area contributed by atoms with Crippen LogP contribution in [0.3, 0.4) is 0 Å². The van der Waals surface area contributed by atoms with Gasteiger partial charge >= 0.3 is 0 Å². The lowest BCUT2D eigenvalue weighted by molar-refractivity contribution is 0.0952. The molecule has 6 heteroatoms. The summed E-state index contributed by atoms with van der Waals surface area (Å²) in [6.07, 6.45) is 1.66. The summed E-state index contributed by atoms with van der Waals surface area (Å²) in [4.78, 5) is 12.8. The van der Waals surface area contributed by atoms with Gasteiger partial charge in [-0.25, -0.2) is 5.43 Å². The lowest BCUT2D eigenvalue weighted by atomic mass is 10.1.